The van der Waals surface area contributed by atoms with E-state index in [-0.39, 0.29) is 22.5 Å². The van der Waals surface area contributed by atoms with Gasteiger partial charge in [0.05, 0.1) is 4.90 Å². The summed E-state index contributed by atoms with van der Waals surface area (Å²) in [6.07, 6.45) is 2.67. The van der Waals surface area contributed by atoms with Crippen LogP contribution < -0.4 is 0 Å². The van der Waals surface area contributed by atoms with Crippen LogP contribution in [0.15, 0.2) is 47.4 Å². The largest absolute Gasteiger partial charge is 0.338 e. The van der Waals surface area contributed by atoms with Gasteiger partial charge in [-0.15, -0.1) is 0 Å². The molecule has 1 amide bonds. The highest BCUT2D eigenvalue weighted by atomic mass is 32.2. The molecule has 1 saturated carbocycles. The maximum absolute atomic E-state index is 13.4. The van der Waals surface area contributed by atoms with Crippen molar-refractivity contribution in [3.63, 3.8) is 0 Å². The Kier molecular flexibility index (Phi) is 5.68. The Morgan fingerprint density at radius 2 is 1.87 bits per heavy atom. The van der Waals surface area contributed by atoms with Crippen molar-refractivity contribution in [3.8, 4) is 0 Å². The average Bonchev–Trinajstić information content (AvgIpc) is 3.58. The van der Waals surface area contributed by atoms with Gasteiger partial charge in [0, 0.05) is 31.6 Å². The monoisotopic (exact) mass is 430 g/mol. The molecule has 2 aromatic rings. The summed E-state index contributed by atoms with van der Waals surface area (Å²) in [6, 6.07) is 10.7. The quantitative estimate of drug-likeness (QED) is 0.699. The molecule has 0 radical (unpaired) electrons. The maximum Gasteiger partial charge on any atom is 0.243 e. The number of sulfonamides is 1. The number of carbonyl (C=O) groups excluding carboxylic acids is 1. The van der Waals surface area contributed by atoms with Gasteiger partial charge in [0.15, 0.2) is 0 Å². The van der Waals surface area contributed by atoms with E-state index >= 15 is 0 Å². The van der Waals surface area contributed by atoms with Crippen LogP contribution in [0.3, 0.4) is 0 Å². The van der Waals surface area contributed by atoms with Gasteiger partial charge in [-0.3, -0.25) is 4.79 Å². The normalized spacial score (nSPS) is 17.7. The Labute approximate surface area is 177 Å². The number of amides is 1. The predicted octanol–water partition coefficient (Wildman–Crippen LogP) is 3.89. The van der Waals surface area contributed by atoms with Crippen LogP contribution in [0.25, 0.3) is 0 Å². The van der Waals surface area contributed by atoms with E-state index < -0.39 is 16.1 Å². The first-order valence-electron chi connectivity index (χ1n) is 10.5. The summed E-state index contributed by atoms with van der Waals surface area (Å²) in [6.45, 7) is 5.06. The zero-order chi connectivity index (χ0) is 21.5. The molecule has 7 heteroatoms. The molecule has 0 unspecified atom stereocenters. The molecule has 30 heavy (non-hydrogen) atoms. The first-order chi connectivity index (χ1) is 14.3. The third-order valence-electron chi connectivity index (χ3n) is 6.13. The lowest BCUT2D eigenvalue weighted by atomic mass is 9.99. The number of nitrogens with zero attached hydrogens (tertiary/aromatic N) is 2. The molecule has 1 aliphatic heterocycles. The fourth-order valence-electron chi connectivity index (χ4n) is 4.17. The predicted molar refractivity (Wildman–Crippen MR) is 113 cm³/mol. The molecule has 1 fully saturated rings. The van der Waals surface area contributed by atoms with Crippen LogP contribution in [0.2, 0.25) is 0 Å². The summed E-state index contributed by atoms with van der Waals surface area (Å²) in [7, 11) is -3.75. The van der Waals surface area contributed by atoms with Crippen LogP contribution >= 0.6 is 0 Å². The van der Waals surface area contributed by atoms with E-state index in [4.69, 9.17) is 0 Å². The van der Waals surface area contributed by atoms with Crippen LogP contribution in [-0.4, -0.2) is 36.6 Å². The van der Waals surface area contributed by atoms with Crippen molar-refractivity contribution in [1.82, 2.24) is 9.21 Å². The Bertz CT molecular complexity index is 1050. The number of fused-ring (bicyclic) bond motifs is 1. The molecular weight excluding hydrogens is 403 g/mol. The summed E-state index contributed by atoms with van der Waals surface area (Å²) in [5.74, 6) is -0.00326. The summed E-state index contributed by atoms with van der Waals surface area (Å²) in [5.41, 5.74) is 2.74. The van der Waals surface area contributed by atoms with E-state index in [1.807, 2.05) is 17.9 Å². The molecule has 1 heterocycles. The Morgan fingerprint density at radius 3 is 2.50 bits per heavy atom. The van der Waals surface area contributed by atoms with Gasteiger partial charge >= 0.3 is 0 Å². The van der Waals surface area contributed by atoms with Crippen molar-refractivity contribution in [2.45, 2.75) is 50.6 Å². The summed E-state index contributed by atoms with van der Waals surface area (Å²) in [4.78, 5) is 14.5. The number of hydrogen-bond acceptors (Lipinski definition) is 3. The van der Waals surface area contributed by atoms with Gasteiger partial charge in [0.2, 0.25) is 15.9 Å². The van der Waals surface area contributed by atoms with E-state index in [1.165, 1.54) is 16.4 Å². The molecule has 0 aromatic heterocycles. The highest BCUT2D eigenvalue weighted by molar-refractivity contribution is 7.89. The fourth-order valence-corrected chi connectivity index (χ4v) is 5.85. The number of halogens is 1. The molecule has 2 aliphatic rings. The summed E-state index contributed by atoms with van der Waals surface area (Å²) >= 11 is 0. The minimum atomic E-state index is -3.75. The Morgan fingerprint density at radius 1 is 1.17 bits per heavy atom. The lowest BCUT2D eigenvalue weighted by Crippen LogP contribution is -2.37. The smallest absolute Gasteiger partial charge is 0.243 e. The van der Waals surface area contributed by atoms with Crippen molar-refractivity contribution in [2.75, 3.05) is 13.1 Å². The van der Waals surface area contributed by atoms with Crippen molar-refractivity contribution in [1.29, 1.82) is 0 Å². The molecule has 0 bridgehead atoms. The third kappa shape index (κ3) is 4.01. The van der Waals surface area contributed by atoms with Crippen molar-refractivity contribution in [2.24, 2.45) is 5.92 Å². The van der Waals surface area contributed by atoms with Crippen LogP contribution in [0.1, 0.15) is 49.4 Å². The number of carbonyl (C=O) groups is 1. The SMILES string of the molecule is CCN([C@@H](C)c1ccc(F)cc1)S(=O)(=O)c1ccc2c(c1)CN(C(=O)C1CC1)CC2. The molecule has 4 rings (SSSR count). The molecule has 5 nitrogen and oxygen atoms in total. The van der Waals surface area contributed by atoms with E-state index in [2.05, 4.69) is 0 Å². The molecule has 0 saturated heterocycles. The van der Waals surface area contributed by atoms with Gasteiger partial charge in [-0.1, -0.05) is 25.1 Å². The van der Waals surface area contributed by atoms with Gasteiger partial charge in [0.25, 0.3) is 0 Å². The minimum Gasteiger partial charge on any atom is -0.338 e. The standard InChI is InChI=1S/C23H27FN2O3S/c1-3-26(16(2)17-6-9-21(24)10-7-17)30(28,29)22-11-8-18-12-13-25(15-20(18)14-22)23(27)19-4-5-19/h6-11,14,16,19H,3-5,12-13,15H2,1-2H3/t16-/m0/s1. The van der Waals surface area contributed by atoms with E-state index in [0.717, 1.165) is 36.0 Å². The molecule has 1 aliphatic carbocycles. The van der Waals surface area contributed by atoms with Crippen LogP contribution in [0.4, 0.5) is 4.39 Å². The van der Waals surface area contributed by atoms with E-state index in [1.54, 1.807) is 31.2 Å². The van der Waals surface area contributed by atoms with Gasteiger partial charge in [-0.25, -0.2) is 12.8 Å². The highest BCUT2D eigenvalue weighted by Crippen LogP contribution is 2.34. The lowest BCUT2D eigenvalue weighted by Gasteiger charge is -2.31. The topological polar surface area (TPSA) is 57.7 Å². The zero-order valence-electron chi connectivity index (χ0n) is 17.3. The van der Waals surface area contributed by atoms with Gasteiger partial charge in [0.1, 0.15) is 5.82 Å². The van der Waals surface area contributed by atoms with E-state index in [9.17, 15) is 17.6 Å². The van der Waals surface area contributed by atoms with Crippen molar-refractivity contribution < 1.29 is 17.6 Å². The van der Waals surface area contributed by atoms with Crippen LogP contribution in [0.5, 0.6) is 0 Å². The van der Waals surface area contributed by atoms with Gasteiger partial charge in [-0.05, 0) is 67.1 Å². The molecular formula is C23H27FN2O3S. The van der Waals surface area contributed by atoms with Gasteiger partial charge < -0.3 is 4.90 Å². The fraction of sp³-hybridized carbons (Fsp3) is 0.435. The van der Waals surface area contributed by atoms with Crippen LogP contribution in [0, 0.1) is 11.7 Å². The zero-order valence-corrected chi connectivity index (χ0v) is 18.2. The molecule has 0 spiro atoms. The number of benzene rings is 2. The summed E-state index contributed by atoms with van der Waals surface area (Å²) in [5, 5.41) is 0. The molecule has 2 aromatic carbocycles. The first kappa shape index (κ1) is 21.0. The average molecular weight is 431 g/mol. The second-order valence-corrected chi connectivity index (χ2v) is 10.0. The van der Waals surface area contributed by atoms with Gasteiger partial charge in [-0.2, -0.15) is 4.31 Å². The minimum absolute atomic E-state index is 0.158. The van der Waals surface area contributed by atoms with E-state index in [0.29, 0.717) is 19.6 Å². The van der Waals surface area contributed by atoms with Crippen LogP contribution in [-0.2, 0) is 27.8 Å². The summed E-state index contributed by atoms with van der Waals surface area (Å²) < 4.78 is 41.6. The number of hydrogen-bond donors (Lipinski definition) is 0. The second-order valence-electron chi connectivity index (χ2n) is 8.15. The molecule has 1 atom stereocenters. The van der Waals surface area contributed by atoms with Crippen molar-refractivity contribution >= 4 is 15.9 Å². The Hall–Kier alpha value is -2.25. The Balaban J connectivity index is 1.61. The maximum atomic E-state index is 13.4. The third-order valence-corrected chi connectivity index (χ3v) is 8.17. The number of rotatable bonds is 6. The second kappa shape index (κ2) is 8.12. The molecule has 160 valence electrons. The molecule has 0 N–H and O–H groups in total. The van der Waals surface area contributed by atoms with Crippen molar-refractivity contribution in [3.05, 3.63) is 65.0 Å². The highest BCUT2D eigenvalue weighted by Gasteiger charge is 2.35. The lowest BCUT2D eigenvalue weighted by molar-refractivity contribution is -0.133. The first-order valence-corrected chi connectivity index (χ1v) is 11.9.